The smallest absolute Gasteiger partial charge is 0.212 e. The molecule has 2 aromatic rings. The van der Waals surface area contributed by atoms with Crippen LogP contribution in [0, 0.1) is 11.3 Å². The number of carbonyl (C=O) groups is 1. The zero-order valence-corrected chi connectivity index (χ0v) is 11.9. The first-order chi connectivity index (χ1) is 9.53. The largest absolute Gasteiger partial charge is 0.289 e. The maximum Gasteiger partial charge on any atom is 0.212 e. The summed E-state index contributed by atoms with van der Waals surface area (Å²) in [4.78, 5) is 12.7. The van der Waals surface area contributed by atoms with Crippen LogP contribution in [0.2, 0.25) is 0 Å². The molecule has 0 spiro atoms. The Bertz CT molecular complexity index is 700. The highest BCUT2D eigenvalue weighted by Crippen LogP contribution is 2.19. The minimum atomic E-state index is -2.44. The van der Waals surface area contributed by atoms with E-state index in [-0.39, 0.29) is 11.5 Å². The maximum absolute atomic E-state index is 12.7. The van der Waals surface area contributed by atoms with E-state index in [0.29, 0.717) is 16.0 Å². The standard InChI is InChI=1S/C16H14NO2S/c1-20(19,15-9-7-13(11-17)8-10-15)12-16(18)14-5-3-2-4-6-14/h2-10H,12H2,1H3/q+1. The van der Waals surface area contributed by atoms with Crippen LogP contribution in [0.15, 0.2) is 59.5 Å². The Morgan fingerprint density at radius 3 is 2.25 bits per heavy atom. The number of nitriles is 1. The van der Waals surface area contributed by atoms with Crippen molar-refractivity contribution in [3.63, 3.8) is 0 Å². The molecule has 1 atom stereocenters. The van der Waals surface area contributed by atoms with Crippen molar-refractivity contribution in [3.05, 3.63) is 65.7 Å². The number of hydrogen-bond donors (Lipinski definition) is 0. The quantitative estimate of drug-likeness (QED) is 0.640. The number of nitrogens with zero attached hydrogens (tertiary/aromatic N) is 1. The SMILES string of the molecule is C[S+](=O)(CC(=O)c1ccccc1)c1ccc(C#N)cc1. The van der Waals surface area contributed by atoms with Crippen LogP contribution in [0.5, 0.6) is 0 Å². The van der Waals surface area contributed by atoms with Gasteiger partial charge in [-0.3, -0.25) is 4.79 Å². The number of hydrogen-bond acceptors (Lipinski definition) is 3. The number of ketones is 1. The lowest BCUT2D eigenvalue weighted by Crippen LogP contribution is -2.21. The predicted octanol–water partition coefficient (Wildman–Crippen LogP) is 2.93. The monoisotopic (exact) mass is 284 g/mol. The van der Waals surface area contributed by atoms with E-state index in [0.717, 1.165) is 0 Å². The molecular formula is C16H14NO2S+. The van der Waals surface area contributed by atoms with Gasteiger partial charge in [-0.1, -0.05) is 34.5 Å². The van der Waals surface area contributed by atoms with Gasteiger partial charge in [0.1, 0.15) is 16.2 Å². The van der Waals surface area contributed by atoms with Crippen LogP contribution in [-0.4, -0.2) is 17.8 Å². The lowest BCUT2D eigenvalue weighted by Gasteiger charge is -2.06. The molecule has 0 saturated heterocycles. The molecule has 0 fully saturated rings. The van der Waals surface area contributed by atoms with E-state index in [9.17, 15) is 9.00 Å². The second-order valence-electron chi connectivity index (χ2n) is 4.57. The van der Waals surface area contributed by atoms with Crippen molar-refractivity contribution in [2.75, 3.05) is 12.0 Å². The van der Waals surface area contributed by atoms with Crippen LogP contribution in [-0.2, 0) is 14.1 Å². The molecular weight excluding hydrogens is 270 g/mol. The van der Waals surface area contributed by atoms with E-state index >= 15 is 0 Å². The Balaban J connectivity index is 2.20. The molecule has 2 rings (SSSR count). The number of carbonyl (C=O) groups excluding carboxylic acids is 1. The van der Waals surface area contributed by atoms with Gasteiger partial charge in [0.2, 0.25) is 5.78 Å². The fraction of sp³-hybridized carbons (Fsp3) is 0.125. The van der Waals surface area contributed by atoms with E-state index in [2.05, 4.69) is 0 Å². The summed E-state index contributed by atoms with van der Waals surface area (Å²) >= 11 is 0. The molecule has 0 saturated carbocycles. The van der Waals surface area contributed by atoms with Gasteiger partial charge in [-0.25, -0.2) is 0 Å². The van der Waals surface area contributed by atoms with Gasteiger partial charge in [0.05, 0.1) is 11.6 Å². The second-order valence-corrected chi connectivity index (χ2v) is 7.34. The molecule has 100 valence electrons. The average Bonchev–Trinajstić information content (AvgIpc) is 2.48. The molecule has 0 radical (unpaired) electrons. The Kier molecular flexibility index (Phi) is 4.11. The van der Waals surface area contributed by atoms with Crippen molar-refractivity contribution in [3.8, 4) is 6.07 Å². The van der Waals surface area contributed by atoms with Crippen molar-refractivity contribution in [1.29, 1.82) is 5.26 Å². The zero-order chi connectivity index (χ0) is 14.6. The van der Waals surface area contributed by atoms with Gasteiger partial charge in [-0.05, 0) is 24.3 Å². The molecule has 1 unspecified atom stereocenters. The molecule has 0 N–H and O–H groups in total. The van der Waals surface area contributed by atoms with Gasteiger partial charge in [0.25, 0.3) is 0 Å². The maximum atomic E-state index is 12.7. The molecule has 0 bridgehead atoms. The summed E-state index contributed by atoms with van der Waals surface area (Å²) in [5.41, 5.74) is 1.08. The topological polar surface area (TPSA) is 57.9 Å². The zero-order valence-electron chi connectivity index (χ0n) is 11.1. The predicted molar refractivity (Wildman–Crippen MR) is 79.0 cm³/mol. The van der Waals surface area contributed by atoms with Crippen molar-refractivity contribution in [1.82, 2.24) is 0 Å². The first-order valence-corrected chi connectivity index (χ1v) is 8.22. The molecule has 0 heterocycles. The van der Waals surface area contributed by atoms with Crippen molar-refractivity contribution < 1.29 is 9.00 Å². The first kappa shape index (κ1) is 14.2. The Morgan fingerprint density at radius 2 is 1.70 bits per heavy atom. The van der Waals surface area contributed by atoms with Crippen LogP contribution in [0.1, 0.15) is 15.9 Å². The van der Waals surface area contributed by atoms with E-state index in [1.54, 1.807) is 54.8 Å². The summed E-state index contributed by atoms with van der Waals surface area (Å²) in [5.74, 6) is -0.161. The summed E-state index contributed by atoms with van der Waals surface area (Å²) in [7, 11) is -2.44. The first-order valence-electron chi connectivity index (χ1n) is 6.08. The van der Waals surface area contributed by atoms with Crippen LogP contribution < -0.4 is 0 Å². The molecule has 0 aromatic heterocycles. The van der Waals surface area contributed by atoms with Gasteiger partial charge in [-0.15, -0.1) is 0 Å². The van der Waals surface area contributed by atoms with Crippen molar-refractivity contribution in [2.24, 2.45) is 0 Å². The summed E-state index contributed by atoms with van der Waals surface area (Å²) < 4.78 is 12.7. The molecule has 20 heavy (non-hydrogen) atoms. The van der Waals surface area contributed by atoms with Crippen molar-refractivity contribution >= 4 is 15.7 Å². The summed E-state index contributed by atoms with van der Waals surface area (Å²) in [6.45, 7) is 0. The van der Waals surface area contributed by atoms with Crippen molar-refractivity contribution in [2.45, 2.75) is 4.90 Å². The third-order valence-corrected chi connectivity index (χ3v) is 5.07. The van der Waals surface area contributed by atoms with Gasteiger partial charge >= 0.3 is 0 Å². The summed E-state index contributed by atoms with van der Waals surface area (Å²) in [6.07, 6.45) is 1.58. The Hall–Kier alpha value is -2.25. The Morgan fingerprint density at radius 1 is 1.10 bits per heavy atom. The third-order valence-electron chi connectivity index (χ3n) is 2.98. The van der Waals surface area contributed by atoms with Gasteiger partial charge in [0, 0.05) is 5.56 Å². The number of Topliss-reactive ketones (excluding diaryl/α,β-unsaturated/α-hetero) is 1. The molecule has 0 aliphatic carbocycles. The van der Waals surface area contributed by atoms with Crippen LogP contribution >= 0.6 is 0 Å². The van der Waals surface area contributed by atoms with Crippen LogP contribution in [0.4, 0.5) is 0 Å². The minimum absolute atomic E-state index is 0.0249. The lowest BCUT2D eigenvalue weighted by molar-refractivity contribution is 0.102. The molecule has 0 aliphatic rings. The molecule has 4 heteroatoms. The fourth-order valence-corrected chi connectivity index (χ4v) is 3.40. The van der Waals surface area contributed by atoms with E-state index in [4.69, 9.17) is 5.26 Å². The lowest BCUT2D eigenvalue weighted by atomic mass is 10.2. The second kappa shape index (κ2) is 5.81. The molecule has 0 aliphatic heterocycles. The van der Waals surface area contributed by atoms with E-state index in [1.165, 1.54) is 0 Å². The fourth-order valence-electron chi connectivity index (χ4n) is 1.86. The summed E-state index contributed by atoms with van der Waals surface area (Å²) in [5, 5.41) is 8.75. The van der Waals surface area contributed by atoms with Gasteiger partial charge in [-0.2, -0.15) is 5.26 Å². The normalized spacial score (nSPS) is 13.2. The Labute approximate surface area is 119 Å². The highest BCUT2D eigenvalue weighted by Gasteiger charge is 2.29. The molecule has 2 aromatic carbocycles. The van der Waals surface area contributed by atoms with Crippen LogP contribution in [0.25, 0.3) is 0 Å². The number of rotatable bonds is 4. The summed E-state index contributed by atoms with van der Waals surface area (Å²) in [6, 6.07) is 17.4. The van der Waals surface area contributed by atoms with E-state index < -0.39 is 9.93 Å². The average molecular weight is 284 g/mol. The molecule has 0 amide bonds. The molecule has 3 nitrogen and oxygen atoms in total. The highest BCUT2D eigenvalue weighted by molar-refractivity contribution is 8.03. The minimum Gasteiger partial charge on any atom is -0.289 e. The van der Waals surface area contributed by atoms with E-state index in [1.807, 2.05) is 12.1 Å². The van der Waals surface area contributed by atoms with Gasteiger partial charge < -0.3 is 0 Å². The number of benzene rings is 2. The third kappa shape index (κ3) is 3.19. The van der Waals surface area contributed by atoms with Crippen LogP contribution in [0.3, 0.4) is 0 Å². The highest BCUT2D eigenvalue weighted by atomic mass is 32.2. The van der Waals surface area contributed by atoms with Gasteiger partial charge in [0.15, 0.2) is 10.6 Å².